The maximum atomic E-state index is 11.5. The number of halogens is 1. The smallest absolute Gasteiger partial charge is 0.337 e. The van der Waals surface area contributed by atoms with Gasteiger partial charge in [-0.25, -0.2) is 9.78 Å². The van der Waals surface area contributed by atoms with E-state index in [4.69, 9.17) is 4.74 Å². The molecule has 0 saturated carbocycles. The fourth-order valence-electron chi connectivity index (χ4n) is 1.60. The quantitative estimate of drug-likeness (QED) is 0.755. The lowest BCUT2D eigenvalue weighted by Gasteiger charge is -2.02. The number of fused-ring (bicyclic) bond motifs is 1. The number of aryl methyl sites for hydroxylation is 2. The van der Waals surface area contributed by atoms with E-state index in [0.717, 1.165) is 21.3 Å². The lowest BCUT2D eigenvalue weighted by atomic mass is 10.2. The van der Waals surface area contributed by atoms with Crippen LogP contribution in [0.25, 0.3) is 11.0 Å². The first-order valence-electron chi connectivity index (χ1n) is 4.75. The number of ether oxygens (including phenoxy) is 1. The number of rotatable bonds is 1. The van der Waals surface area contributed by atoms with E-state index in [0.29, 0.717) is 5.56 Å². The second-order valence-corrected chi connectivity index (χ2v) is 4.39. The number of methoxy groups -OCH3 is 1. The molecule has 0 fully saturated rings. The summed E-state index contributed by atoms with van der Waals surface area (Å²) in [6.07, 6.45) is 0. The number of aromatic nitrogens is 2. The van der Waals surface area contributed by atoms with Gasteiger partial charge in [-0.1, -0.05) is 0 Å². The van der Waals surface area contributed by atoms with Crippen LogP contribution < -0.4 is 0 Å². The fourth-order valence-corrected chi connectivity index (χ4v) is 2.14. The van der Waals surface area contributed by atoms with Crippen LogP contribution in [-0.4, -0.2) is 22.6 Å². The Morgan fingerprint density at radius 2 is 2.19 bits per heavy atom. The van der Waals surface area contributed by atoms with Gasteiger partial charge in [-0.15, -0.1) is 0 Å². The van der Waals surface area contributed by atoms with Crippen molar-refractivity contribution in [3.8, 4) is 0 Å². The van der Waals surface area contributed by atoms with Crippen LogP contribution in [0.5, 0.6) is 0 Å². The van der Waals surface area contributed by atoms with Gasteiger partial charge in [-0.2, -0.15) is 0 Å². The third kappa shape index (κ3) is 1.61. The van der Waals surface area contributed by atoms with Crippen LogP contribution in [0.1, 0.15) is 16.2 Å². The molecule has 0 spiro atoms. The Morgan fingerprint density at radius 1 is 1.50 bits per heavy atom. The predicted molar refractivity (Wildman–Crippen MR) is 64.5 cm³/mol. The number of benzene rings is 1. The summed E-state index contributed by atoms with van der Waals surface area (Å²) in [6, 6.07) is 3.51. The summed E-state index contributed by atoms with van der Waals surface area (Å²) in [7, 11) is 3.28. The first-order valence-corrected chi connectivity index (χ1v) is 5.54. The molecule has 4 nitrogen and oxygen atoms in total. The highest BCUT2D eigenvalue weighted by Crippen LogP contribution is 2.26. The van der Waals surface area contributed by atoms with Crippen molar-refractivity contribution in [3.63, 3.8) is 0 Å². The topological polar surface area (TPSA) is 44.1 Å². The number of esters is 1. The average Bonchev–Trinajstić information content (AvgIpc) is 2.56. The van der Waals surface area contributed by atoms with Crippen LogP contribution in [0.15, 0.2) is 16.6 Å². The Morgan fingerprint density at radius 3 is 2.81 bits per heavy atom. The molecule has 2 aromatic rings. The van der Waals surface area contributed by atoms with E-state index in [9.17, 15) is 4.79 Å². The molecule has 0 radical (unpaired) electrons. The minimum absolute atomic E-state index is 0.346. The summed E-state index contributed by atoms with van der Waals surface area (Å²) in [5.74, 6) is 0.555. The van der Waals surface area contributed by atoms with Crippen molar-refractivity contribution >= 4 is 32.9 Å². The molecular formula is C11H11BrN2O2. The summed E-state index contributed by atoms with van der Waals surface area (Å²) in [4.78, 5) is 15.9. The van der Waals surface area contributed by atoms with Crippen molar-refractivity contribution in [2.75, 3.05) is 7.11 Å². The van der Waals surface area contributed by atoms with Gasteiger partial charge in [0.15, 0.2) is 0 Å². The Hall–Kier alpha value is -1.36. The third-order valence-corrected chi connectivity index (χ3v) is 3.19. The van der Waals surface area contributed by atoms with Crippen LogP contribution in [-0.2, 0) is 11.8 Å². The normalized spacial score (nSPS) is 10.8. The summed E-state index contributed by atoms with van der Waals surface area (Å²) in [5.41, 5.74) is 2.28. The summed E-state index contributed by atoms with van der Waals surface area (Å²) >= 11 is 3.41. The first kappa shape index (κ1) is 11.1. The largest absolute Gasteiger partial charge is 0.465 e. The molecule has 0 saturated heterocycles. The van der Waals surface area contributed by atoms with E-state index in [1.54, 1.807) is 12.1 Å². The Balaban J connectivity index is 2.75. The summed E-state index contributed by atoms with van der Waals surface area (Å²) in [5, 5.41) is 0. The van der Waals surface area contributed by atoms with Gasteiger partial charge >= 0.3 is 5.97 Å². The standard InChI is InChI=1S/C11H11BrN2O2/c1-6-13-10-8(12)4-7(11(15)16-3)5-9(10)14(6)2/h4-5H,1-3H3. The molecule has 0 amide bonds. The Labute approximate surface area is 101 Å². The fraction of sp³-hybridized carbons (Fsp3) is 0.273. The molecule has 5 heteroatoms. The molecule has 0 atom stereocenters. The molecule has 0 bridgehead atoms. The van der Waals surface area contributed by atoms with Gasteiger partial charge in [0.1, 0.15) is 11.3 Å². The van der Waals surface area contributed by atoms with Crippen LogP contribution in [0, 0.1) is 6.92 Å². The molecule has 0 aliphatic rings. The number of carbonyl (C=O) groups is 1. The van der Waals surface area contributed by atoms with Crippen LogP contribution in [0.2, 0.25) is 0 Å². The number of hydrogen-bond acceptors (Lipinski definition) is 3. The van der Waals surface area contributed by atoms with Crippen molar-refractivity contribution in [1.82, 2.24) is 9.55 Å². The van der Waals surface area contributed by atoms with Crippen LogP contribution in [0.3, 0.4) is 0 Å². The van der Waals surface area contributed by atoms with E-state index in [-0.39, 0.29) is 5.97 Å². The lowest BCUT2D eigenvalue weighted by Crippen LogP contribution is -2.01. The lowest BCUT2D eigenvalue weighted by molar-refractivity contribution is 0.0601. The molecule has 0 aliphatic heterocycles. The molecule has 1 aromatic carbocycles. The van der Waals surface area contributed by atoms with E-state index >= 15 is 0 Å². The minimum Gasteiger partial charge on any atom is -0.465 e. The molecule has 16 heavy (non-hydrogen) atoms. The van der Waals surface area contributed by atoms with Crippen molar-refractivity contribution in [1.29, 1.82) is 0 Å². The van der Waals surface area contributed by atoms with Gasteiger partial charge in [0.25, 0.3) is 0 Å². The van der Waals surface area contributed by atoms with Crippen molar-refractivity contribution in [3.05, 3.63) is 28.0 Å². The van der Waals surface area contributed by atoms with Gasteiger partial charge < -0.3 is 9.30 Å². The van der Waals surface area contributed by atoms with E-state index in [2.05, 4.69) is 20.9 Å². The van der Waals surface area contributed by atoms with Crippen LogP contribution >= 0.6 is 15.9 Å². The molecular weight excluding hydrogens is 272 g/mol. The van der Waals surface area contributed by atoms with E-state index in [1.165, 1.54) is 7.11 Å². The van der Waals surface area contributed by atoms with Gasteiger partial charge in [0.05, 0.1) is 18.2 Å². The highest BCUT2D eigenvalue weighted by molar-refractivity contribution is 9.10. The molecule has 1 heterocycles. The van der Waals surface area contributed by atoms with Gasteiger partial charge in [0, 0.05) is 11.5 Å². The molecule has 0 unspecified atom stereocenters. The number of carbonyl (C=O) groups excluding carboxylic acids is 1. The van der Waals surface area contributed by atoms with E-state index < -0.39 is 0 Å². The zero-order valence-electron chi connectivity index (χ0n) is 9.24. The summed E-state index contributed by atoms with van der Waals surface area (Å²) in [6.45, 7) is 1.92. The first-order chi connectivity index (χ1) is 7.54. The van der Waals surface area contributed by atoms with E-state index in [1.807, 2.05) is 18.5 Å². The molecule has 2 rings (SSSR count). The zero-order chi connectivity index (χ0) is 11.9. The molecule has 1 aromatic heterocycles. The monoisotopic (exact) mass is 282 g/mol. The van der Waals surface area contributed by atoms with Crippen molar-refractivity contribution < 1.29 is 9.53 Å². The molecule has 0 N–H and O–H groups in total. The highest BCUT2D eigenvalue weighted by Gasteiger charge is 2.13. The second-order valence-electron chi connectivity index (χ2n) is 3.54. The maximum Gasteiger partial charge on any atom is 0.337 e. The summed E-state index contributed by atoms with van der Waals surface area (Å²) < 4.78 is 7.43. The minimum atomic E-state index is -0.346. The molecule has 0 aliphatic carbocycles. The Kier molecular flexibility index (Phi) is 2.71. The van der Waals surface area contributed by atoms with Gasteiger partial charge in [-0.05, 0) is 35.0 Å². The number of nitrogens with zero attached hydrogens (tertiary/aromatic N) is 2. The molecule has 84 valence electrons. The second kappa shape index (κ2) is 3.90. The average molecular weight is 283 g/mol. The zero-order valence-corrected chi connectivity index (χ0v) is 10.8. The van der Waals surface area contributed by atoms with Crippen molar-refractivity contribution in [2.45, 2.75) is 6.92 Å². The third-order valence-electron chi connectivity index (χ3n) is 2.58. The van der Waals surface area contributed by atoms with Crippen LogP contribution in [0.4, 0.5) is 0 Å². The van der Waals surface area contributed by atoms with Crippen molar-refractivity contribution in [2.24, 2.45) is 7.05 Å². The van der Waals surface area contributed by atoms with Gasteiger partial charge in [-0.3, -0.25) is 0 Å². The highest BCUT2D eigenvalue weighted by atomic mass is 79.9. The number of hydrogen-bond donors (Lipinski definition) is 0. The van der Waals surface area contributed by atoms with Gasteiger partial charge in [0.2, 0.25) is 0 Å². The Bertz CT molecular complexity index is 575. The SMILES string of the molecule is COC(=O)c1cc(Br)c2nc(C)n(C)c2c1. The predicted octanol–water partition coefficient (Wildman–Crippen LogP) is 2.43. The number of imidazole rings is 1. The maximum absolute atomic E-state index is 11.5.